The molecule has 1 aromatic heterocycles. The Morgan fingerprint density at radius 2 is 2.16 bits per heavy atom. The van der Waals surface area contributed by atoms with Crippen molar-refractivity contribution in [1.29, 1.82) is 0 Å². The molecule has 0 aliphatic rings. The Balaban J connectivity index is 1.94. The van der Waals surface area contributed by atoms with E-state index in [-0.39, 0.29) is 0 Å². The fraction of sp³-hybridized carbons (Fsp3) is 0.105. The third-order valence-electron chi connectivity index (χ3n) is 3.79. The van der Waals surface area contributed by atoms with Crippen LogP contribution in [-0.2, 0) is 6.42 Å². The van der Waals surface area contributed by atoms with Crippen LogP contribution >= 0.6 is 0 Å². The Hall–Kier alpha value is -3.41. The lowest BCUT2D eigenvalue weighted by molar-refractivity contribution is 0.209. The Morgan fingerprint density at radius 1 is 1.32 bits per heavy atom. The normalized spacial score (nSPS) is 10.9. The first-order valence-corrected chi connectivity index (χ1v) is 7.78. The van der Waals surface area contributed by atoms with Crippen LogP contribution in [0.3, 0.4) is 0 Å². The first-order valence-electron chi connectivity index (χ1n) is 7.78. The average molecular weight is 334 g/mol. The summed E-state index contributed by atoms with van der Waals surface area (Å²) in [7, 11) is 1.66. The highest BCUT2D eigenvalue weighted by Crippen LogP contribution is 2.22. The molecule has 6 nitrogen and oxygen atoms in total. The number of nitrogens with zero attached hydrogens (tertiary/aromatic N) is 3. The van der Waals surface area contributed by atoms with Gasteiger partial charge in [0.2, 0.25) is 0 Å². The second kappa shape index (κ2) is 7.44. The van der Waals surface area contributed by atoms with Gasteiger partial charge in [0.05, 0.1) is 12.0 Å². The van der Waals surface area contributed by atoms with E-state index in [1.165, 1.54) is 0 Å². The number of nitrogens with one attached hydrogen (secondary N) is 1. The Morgan fingerprint density at radius 3 is 2.88 bits per heavy atom. The summed E-state index contributed by atoms with van der Waals surface area (Å²) >= 11 is 0. The van der Waals surface area contributed by atoms with Crippen molar-refractivity contribution in [1.82, 2.24) is 9.55 Å². The van der Waals surface area contributed by atoms with Crippen LogP contribution in [0.4, 0.5) is 10.5 Å². The minimum Gasteiger partial charge on any atom is -0.465 e. The number of imidazole rings is 1. The molecule has 3 aromatic rings. The summed E-state index contributed by atoms with van der Waals surface area (Å²) in [6, 6.07) is 13.8. The van der Waals surface area contributed by atoms with E-state index in [1.807, 2.05) is 41.1 Å². The van der Waals surface area contributed by atoms with E-state index in [1.54, 1.807) is 31.9 Å². The molecule has 3 rings (SSSR count). The van der Waals surface area contributed by atoms with Gasteiger partial charge in [-0.15, -0.1) is 0 Å². The summed E-state index contributed by atoms with van der Waals surface area (Å²) in [6.07, 6.45) is 6.70. The SMILES string of the molecule is CN=Cc1cc(Cc2ccccc2-n2ccnc2)ccc1NC(=O)O. The standard InChI is InChI=1S/C19H18N4O2/c1-20-12-16-11-14(6-7-17(16)22-19(24)25)10-15-4-2-3-5-18(15)23-9-8-21-13-23/h2-9,11-13,22H,10H2,1H3,(H,24,25). The fourth-order valence-corrected chi connectivity index (χ4v) is 2.73. The van der Waals surface area contributed by atoms with E-state index < -0.39 is 6.09 Å². The summed E-state index contributed by atoms with van der Waals surface area (Å²) in [5.41, 5.74) is 4.54. The molecule has 0 spiro atoms. The maximum absolute atomic E-state index is 10.9. The van der Waals surface area contributed by atoms with E-state index in [2.05, 4.69) is 21.4 Å². The van der Waals surface area contributed by atoms with Gasteiger partial charge in [0.15, 0.2) is 0 Å². The van der Waals surface area contributed by atoms with Gasteiger partial charge in [-0.1, -0.05) is 24.3 Å². The van der Waals surface area contributed by atoms with E-state index in [9.17, 15) is 4.79 Å². The van der Waals surface area contributed by atoms with Crippen molar-refractivity contribution < 1.29 is 9.90 Å². The van der Waals surface area contributed by atoms with Crippen LogP contribution in [0.5, 0.6) is 0 Å². The van der Waals surface area contributed by atoms with Crippen molar-refractivity contribution in [2.45, 2.75) is 6.42 Å². The largest absolute Gasteiger partial charge is 0.465 e. The number of anilines is 1. The summed E-state index contributed by atoms with van der Waals surface area (Å²) < 4.78 is 1.98. The van der Waals surface area contributed by atoms with E-state index >= 15 is 0 Å². The first-order chi connectivity index (χ1) is 12.2. The summed E-state index contributed by atoms with van der Waals surface area (Å²) in [5.74, 6) is 0. The molecule has 0 aliphatic heterocycles. The molecule has 0 unspecified atom stereocenters. The number of para-hydroxylation sites is 1. The number of carbonyl (C=O) groups is 1. The highest BCUT2D eigenvalue weighted by atomic mass is 16.4. The molecule has 0 atom stereocenters. The lowest BCUT2D eigenvalue weighted by Gasteiger charge is -2.12. The molecule has 126 valence electrons. The summed E-state index contributed by atoms with van der Waals surface area (Å²) in [4.78, 5) is 19.0. The predicted molar refractivity (Wildman–Crippen MR) is 98.0 cm³/mol. The van der Waals surface area contributed by atoms with Gasteiger partial charge in [0, 0.05) is 36.9 Å². The van der Waals surface area contributed by atoms with Gasteiger partial charge in [-0.3, -0.25) is 10.3 Å². The Labute approximate surface area is 145 Å². The monoisotopic (exact) mass is 334 g/mol. The molecule has 2 aromatic carbocycles. The molecule has 0 bridgehead atoms. The van der Waals surface area contributed by atoms with Crippen LogP contribution < -0.4 is 5.32 Å². The number of rotatable bonds is 5. The zero-order chi connectivity index (χ0) is 17.6. The van der Waals surface area contributed by atoms with Gasteiger partial charge in [-0.05, 0) is 35.7 Å². The third-order valence-corrected chi connectivity index (χ3v) is 3.79. The number of aliphatic imine (C=N–C) groups is 1. The first kappa shape index (κ1) is 16.4. The molecule has 0 saturated heterocycles. The summed E-state index contributed by atoms with van der Waals surface area (Å²) in [6.45, 7) is 0. The van der Waals surface area contributed by atoms with Crippen molar-refractivity contribution >= 4 is 18.0 Å². The number of hydrogen-bond acceptors (Lipinski definition) is 3. The van der Waals surface area contributed by atoms with Crippen molar-refractivity contribution in [3.8, 4) is 5.69 Å². The molecule has 2 N–H and O–H groups in total. The van der Waals surface area contributed by atoms with Crippen LogP contribution in [0.15, 0.2) is 66.2 Å². The third kappa shape index (κ3) is 3.92. The van der Waals surface area contributed by atoms with Gasteiger partial charge in [0.25, 0.3) is 0 Å². The van der Waals surface area contributed by atoms with Crippen LogP contribution in [0.1, 0.15) is 16.7 Å². The molecule has 0 aliphatic carbocycles. The molecule has 1 amide bonds. The van der Waals surface area contributed by atoms with E-state index in [0.29, 0.717) is 12.1 Å². The van der Waals surface area contributed by atoms with Crippen LogP contribution in [0.25, 0.3) is 5.69 Å². The van der Waals surface area contributed by atoms with Gasteiger partial charge in [0.1, 0.15) is 0 Å². The maximum atomic E-state index is 10.9. The molecule has 25 heavy (non-hydrogen) atoms. The van der Waals surface area contributed by atoms with Gasteiger partial charge >= 0.3 is 6.09 Å². The van der Waals surface area contributed by atoms with Crippen molar-refractivity contribution in [2.75, 3.05) is 12.4 Å². The molecule has 0 radical (unpaired) electrons. The number of amides is 1. The van der Waals surface area contributed by atoms with Crippen LogP contribution in [0, 0.1) is 0 Å². The minimum atomic E-state index is -1.09. The Bertz CT molecular complexity index is 902. The number of aromatic nitrogens is 2. The Kier molecular flexibility index (Phi) is 4.89. The minimum absolute atomic E-state index is 0.518. The topological polar surface area (TPSA) is 79.5 Å². The number of carboxylic acid groups (broad SMARTS) is 1. The molecular formula is C19H18N4O2. The highest BCUT2D eigenvalue weighted by Gasteiger charge is 2.08. The molecular weight excluding hydrogens is 316 g/mol. The quantitative estimate of drug-likeness (QED) is 0.700. The van der Waals surface area contributed by atoms with Crippen molar-refractivity contribution in [3.63, 3.8) is 0 Å². The zero-order valence-electron chi connectivity index (χ0n) is 13.8. The van der Waals surface area contributed by atoms with Gasteiger partial charge in [-0.25, -0.2) is 9.78 Å². The molecule has 6 heteroatoms. The smallest absolute Gasteiger partial charge is 0.409 e. The highest BCUT2D eigenvalue weighted by molar-refractivity contribution is 5.94. The van der Waals surface area contributed by atoms with Crippen molar-refractivity contribution in [3.05, 3.63) is 77.9 Å². The number of benzene rings is 2. The fourth-order valence-electron chi connectivity index (χ4n) is 2.73. The van der Waals surface area contributed by atoms with Crippen LogP contribution in [-0.4, -0.2) is 34.0 Å². The van der Waals surface area contributed by atoms with E-state index in [0.717, 1.165) is 22.4 Å². The second-order valence-corrected chi connectivity index (χ2v) is 5.51. The molecule has 0 fully saturated rings. The van der Waals surface area contributed by atoms with Crippen LogP contribution in [0.2, 0.25) is 0 Å². The molecule has 0 saturated carbocycles. The molecule has 1 heterocycles. The maximum Gasteiger partial charge on any atom is 0.409 e. The summed E-state index contributed by atoms with van der Waals surface area (Å²) in [5, 5.41) is 11.3. The van der Waals surface area contributed by atoms with Crippen molar-refractivity contribution in [2.24, 2.45) is 4.99 Å². The van der Waals surface area contributed by atoms with Gasteiger partial charge in [-0.2, -0.15) is 0 Å². The predicted octanol–water partition coefficient (Wildman–Crippen LogP) is 3.60. The zero-order valence-corrected chi connectivity index (χ0v) is 13.8. The average Bonchev–Trinajstić information content (AvgIpc) is 3.12. The van der Waals surface area contributed by atoms with E-state index in [4.69, 9.17) is 5.11 Å². The lowest BCUT2D eigenvalue weighted by Crippen LogP contribution is -2.09. The second-order valence-electron chi connectivity index (χ2n) is 5.51. The lowest BCUT2D eigenvalue weighted by atomic mass is 10.0. The van der Waals surface area contributed by atoms with Gasteiger partial charge < -0.3 is 9.67 Å². The number of hydrogen-bond donors (Lipinski definition) is 2.